The predicted octanol–water partition coefficient (Wildman–Crippen LogP) is 12.0. The highest BCUT2D eigenvalue weighted by atomic mass is 16.4. The largest absolute Gasteiger partial charge is 0.481 e. The van der Waals surface area contributed by atoms with Crippen molar-refractivity contribution in [3.63, 3.8) is 0 Å². The SMILES string of the molecule is CCCCCCCCCCCCCCCC(C(C)C)C(CCCCCCCCCC)(C(=O)O)C(C)C. The molecular formula is C34H68O2. The maximum atomic E-state index is 12.8. The van der Waals surface area contributed by atoms with Crippen LogP contribution in [0.1, 0.15) is 189 Å². The molecule has 0 aromatic carbocycles. The van der Waals surface area contributed by atoms with E-state index < -0.39 is 11.4 Å². The van der Waals surface area contributed by atoms with Gasteiger partial charge in [0.1, 0.15) is 0 Å². The van der Waals surface area contributed by atoms with Crippen LogP contribution < -0.4 is 0 Å². The zero-order valence-corrected chi connectivity index (χ0v) is 25.9. The molecule has 216 valence electrons. The summed E-state index contributed by atoms with van der Waals surface area (Å²) < 4.78 is 0. The van der Waals surface area contributed by atoms with Gasteiger partial charge >= 0.3 is 5.97 Å². The van der Waals surface area contributed by atoms with Gasteiger partial charge < -0.3 is 5.11 Å². The highest BCUT2D eigenvalue weighted by molar-refractivity contribution is 5.75. The summed E-state index contributed by atoms with van der Waals surface area (Å²) in [7, 11) is 0. The summed E-state index contributed by atoms with van der Waals surface area (Å²) in [6.45, 7) is 13.4. The molecule has 36 heavy (non-hydrogen) atoms. The molecule has 0 spiro atoms. The van der Waals surface area contributed by atoms with E-state index in [9.17, 15) is 9.90 Å². The maximum absolute atomic E-state index is 12.8. The van der Waals surface area contributed by atoms with Crippen LogP contribution in [0, 0.1) is 23.2 Å². The smallest absolute Gasteiger partial charge is 0.310 e. The van der Waals surface area contributed by atoms with Crippen molar-refractivity contribution in [3.8, 4) is 0 Å². The van der Waals surface area contributed by atoms with E-state index in [1.807, 2.05) is 0 Å². The van der Waals surface area contributed by atoms with Crippen LogP contribution in [0.5, 0.6) is 0 Å². The highest BCUT2D eigenvalue weighted by Gasteiger charge is 2.48. The average Bonchev–Trinajstić information content (AvgIpc) is 2.83. The Labute approximate surface area is 228 Å². The standard InChI is InChI=1S/C34H68O2/c1-7-9-11-13-15-17-18-19-20-21-22-24-26-28-32(30(3)4)34(31(5)6,33(35)36)29-27-25-23-16-14-12-10-8-2/h30-32H,7-29H2,1-6H3,(H,35,36). The van der Waals surface area contributed by atoms with Gasteiger partial charge in [-0.1, -0.05) is 176 Å². The Morgan fingerprint density at radius 1 is 0.556 bits per heavy atom. The number of hydrogen-bond acceptors (Lipinski definition) is 1. The molecule has 0 radical (unpaired) electrons. The predicted molar refractivity (Wildman–Crippen MR) is 161 cm³/mol. The van der Waals surface area contributed by atoms with Gasteiger partial charge in [-0.3, -0.25) is 4.79 Å². The van der Waals surface area contributed by atoms with Crippen LogP contribution >= 0.6 is 0 Å². The number of aliphatic carboxylic acids is 1. The molecule has 0 saturated carbocycles. The number of carboxylic acid groups (broad SMARTS) is 1. The lowest BCUT2D eigenvalue weighted by Crippen LogP contribution is -2.45. The van der Waals surface area contributed by atoms with Gasteiger partial charge in [-0.15, -0.1) is 0 Å². The first-order valence-electron chi connectivity index (χ1n) is 16.6. The van der Waals surface area contributed by atoms with Gasteiger partial charge in [0.25, 0.3) is 0 Å². The summed E-state index contributed by atoms with van der Waals surface area (Å²) in [5, 5.41) is 10.5. The molecule has 0 rings (SSSR count). The molecule has 2 atom stereocenters. The van der Waals surface area contributed by atoms with Crippen molar-refractivity contribution in [1.82, 2.24) is 0 Å². The van der Waals surface area contributed by atoms with Crippen molar-refractivity contribution >= 4 is 5.97 Å². The fourth-order valence-corrected chi connectivity index (χ4v) is 6.53. The van der Waals surface area contributed by atoms with Gasteiger partial charge in [-0.25, -0.2) is 0 Å². The Bertz CT molecular complexity index is 484. The monoisotopic (exact) mass is 509 g/mol. The zero-order chi connectivity index (χ0) is 27.1. The lowest BCUT2D eigenvalue weighted by molar-refractivity contribution is -0.159. The number of carboxylic acids is 1. The number of hydrogen-bond donors (Lipinski definition) is 1. The van der Waals surface area contributed by atoms with Crippen molar-refractivity contribution in [2.24, 2.45) is 23.2 Å². The van der Waals surface area contributed by atoms with Gasteiger partial charge in [0, 0.05) is 0 Å². The third-order valence-corrected chi connectivity index (χ3v) is 8.96. The summed E-state index contributed by atoms with van der Waals surface area (Å²) in [6.07, 6.45) is 29.9. The second-order valence-corrected chi connectivity index (χ2v) is 12.6. The van der Waals surface area contributed by atoms with Crippen molar-refractivity contribution in [2.45, 2.75) is 189 Å². The van der Waals surface area contributed by atoms with Gasteiger partial charge in [0.05, 0.1) is 5.41 Å². The molecule has 0 aliphatic heterocycles. The molecule has 1 N–H and O–H groups in total. The second-order valence-electron chi connectivity index (χ2n) is 12.6. The Hall–Kier alpha value is -0.530. The van der Waals surface area contributed by atoms with Crippen LogP contribution in [-0.2, 0) is 4.79 Å². The van der Waals surface area contributed by atoms with Crippen LogP contribution in [0.3, 0.4) is 0 Å². The Morgan fingerprint density at radius 2 is 0.889 bits per heavy atom. The van der Waals surface area contributed by atoms with Crippen LogP contribution in [-0.4, -0.2) is 11.1 Å². The first kappa shape index (κ1) is 35.5. The summed E-state index contributed by atoms with van der Waals surface area (Å²) >= 11 is 0. The Balaban J connectivity index is 4.41. The topological polar surface area (TPSA) is 37.3 Å². The molecule has 0 fully saturated rings. The third kappa shape index (κ3) is 15.7. The van der Waals surface area contributed by atoms with Crippen LogP contribution in [0.4, 0.5) is 0 Å². The Kier molecular flexibility index (Phi) is 23.2. The van der Waals surface area contributed by atoms with Gasteiger partial charge in [0.15, 0.2) is 0 Å². The van der Waals surface area contributed by atoms with Crippen molar-refractivity contribution in [1.29, 1.82) is 0 Å². The number of carbonyl (C=O) groups is 1. The molecule has 0 aromatic rings. The fourth-order valence-electron chi connectivity index (χ4n) is 6.53. The minimum Gasteiger partial charge on any atom is -0.481 e. The molecule has 0 aliphatic carbocycles. The van der Waals surface area contributed by atoms with E-state index in [2.05, 4.69) is 41.5 Å². The van der Waals surface area contributed by atoms with Gasteiger partial charge in [-0.2, -0.15) is 0 Å². The molecule has 2 heteroatoms. The van der Waals surface area contributed by atoms with E-state index in [0.29, 0.717) is 5.92 Å². The lowest BCUT2D eigenvalue weighted by Gasteiger charge is -2.43. The summed E-state index contributed by atoms with van der Waals surface area (Å²) in [5.41, 5.74) is -0.562. The molecule has 0 amide bonds. The van der Waals surface area contributed by atoms with Crippen LogP contribution in [0.25, 0.3) is 0 Å². The average molecular weight is 509 g/mol. The van der Waals surface area contributed by atoms with Gasteiger partial charge in [-0.05, 0) is 30.6 Å². The normalized spacial score (nSPS) is 14.4. The lowest BCUT2D eigenvalue weighted by atomic mass is 9.60. The molecule has 0 bridgehead atoms. The molecule has 2 nitrogen and oxygen atoms in total. The first-order chi connectivity index (χ1) is 17.3. The molecule has 0 heterocycles. The Morgan fingerprint density at radius 3 is 1.19 bits per heavy atom. The summed E-state index contributed by atoms with van der Waals surface area (Å²) in [4.78, 5) is 12.8. The van der Waals surface area contributed by atoms with E-state index >= 15 is 0 Å². The maximum Gasteiger partial charge on any atom is 0.310 e. The van der Waals surface area contributed by atoms with Crippen molar-refractivity contribution < 1.29 is 9.90 Å². The number of rotatable bonds is 27. The van der Waals surface area contributed by atoms with E-state index in [4.69, 9.17) is 0 Å². The van der Waals surface area contributed by atoms with E-state index in [0.717, 1.165) is 19.3 Å². The van der Waals surface area contributed by atoms with Crippen molar-refractivity contribution in [2.75, 3.05) is 0 Å². The van der Waals surface area contributed by atoms with Crippen molar-refractivity contribution in [3.05, 3.63) is 0 Å². The highest BCUT2D eigenvalue weighted by Crippen LogP contribution is 2.47. The van der Waals surface area contributed by atoms with E-state index in [-0.39, 0.29) is 11.8 Å². The second kappa shape index (κ2) is 23.6. The number of unbranched alkanes of at least 4 members (excludes halogenated alkanes) is 19. The van der Waals surface area contributed by atoms with E-state index in [1.54, 1.807) is 0 Å². The minimum atomic E-state index is -0.562. The fraction of sp³-hybridized carbons (Fsp3) is 0.971. The molecular weight excluding hydrogens is 440 g/mol. The van der Waals surface area contributed by atoms with E-state index in [1.165, 1.54) is 128 Å². The summed E-state index contributed by atoms with van der Waals surface area (Å²) in [6, 6.07) is 0. The third-order valence-electron chi connectivity index (χ3n) is 8.96. The van der Waals surface area contributed by atoms with Gasteiger partial charge in [0.2, 0.25) is 0 Å². The minimum absolute atomic E-state index is 0.189. The quantitative estimate of drug-likeness (QED) is 0.112. The molecule has 0 aromatic heterocycles. The molecule has 0 saturated heterocycles. The first-order valence-corrected chi connectivity index (χ1v) is 16.6. The summed E-state index contributed by atoms with van der Waals surface area (Å²) in [5.74, 6) is 0.366. The van der Waals surface area contributed by atoms with Crippen LogP contribution in [0.15, 0.2) is 0 Å². The van der Waals surface area contributed by atoms with Crippen LogP contribution in [0.2, 0.25) is 0 Å². The molecule has 0 aliphatic rings. The molecule has 2 unspecified atom stereocenters. The zero-order valence-electron chi connectivity index (χ0n) is 25.9.